The second-order valence-corrected chi connectivity index (χ2v) is 8.64. The van der Waals surface area contributed by atoms with Crippen LogP contribution in [0.5, 0.6) is 0 Å². The number of hydrogen-bond acceptors (Lipinski definition) is 5. The standard InChI is InChI=1S/C21H25N5O2S/c1-2-15-8-6-7-11-17(15)22-19(27)14-25-21(28)26-18(23-25)12-13-20(24-26)29-16-9-4-3-5-10-16/h6-8,11-13,16H,2-5,9-10,14H2,1H3,(H,22,27). The van der Waals surface area contributed by atoms with Crippen molar-refractivity contribution in [3.63, 3.8) is 0 Å². The number of carbonyl (C=O) groups excluding carboxylic acids is 1. The Balaban J connectivity index is 1.49. The average Bonchev–Trinajstić information content (AvgIpc) is 3.04. The van der Waals surface area contributed by atoms with Crippen molar-refractivity contribution in [2.45, 2.75) is 62.3 Å². The summed E-state index contributed by atoms with van der Waals surface area (Å²) in [6.07, 6.45) is 7.02. The molecule has 1 fully saturated rings. The van der Waals surface area contributed by atoms with E-state index in [-0.39, 0.29) is 12.5 Å². The summed E-state index contributed by atoms with van der Waals surface area (Å²) in [7, 11) is 0. The van der Waals surface area contributed by atoms with E-state index in [4.69, 9.17) is 0 Å². The molecule has 0 bridgehead atoms. The Labute approximate surface area is 173 Å². The lowest BCUT2D eigenvalue weighted by atomic mass is 10.0. The predicted molar refractivity (Wildman–Crippen MR) is 114 cm³/mol. The molecule has 0 atom stereocenters. The van der Waals surface area contributed by atoms with E-state index < -0.39 is 5.69 Å². The van der Waals surface area contributed by atoms with Crippen LogP contribution in [0.15, 0.2) is 46.2 Å². The number of fused-ring (bicyclic) bond motifs is 1. The molecule has 1 N–H and O–H groups in total. The lowest BCUT2D eigenvalue weighted by Crippen LogP contribution is -2.29. The van der Waals surface area contributed by atoms with Gasteiger partial charge in [0, 0.05) is 10.9 Å². The number of rotatable bonds is 6. The number of aryl methyl sites for hydroxylation is 1. The highest BCUT2D eigenvalue weighted by molar-refractivity contribution is 7.99. The Morgan fingerprint density at radius 2 is 1.93 bits per heavy atom. The van der Waals surface area contributed by atoms with Crippen molar-refractivity contribution in [2.75, 3.05) is 5.32 Å². The first-order valence-electron chi connectivity index (χ1n) is 10.2. The van der Waals surface area contributed by atoms with Crippen LogP contribution in [0.2, 0.25) is 0 Å². The summed E-state index contributed by atoms with van der Waals surface area (Å²) >= 11 is 1.73. The van der Waals surface area contributed by atoms with Crippen LogP contribution < -0.4 is 11.0 Å². The maximum atomic E-state index is 12.7. The minimum absolute atomic E-state index is 0.147. The van der Waals surface area contributed by atoms with Crippen LogP contribution in [0, 0.1) is 0 Å². The minimum Gasteiger partial charge on any atom is -0.324 e. The first-order valence-corrected chi connectivity index (χ1v) is 11.0. The smallest absolute Gasteiger partial charge is 0.324 e. The van der Waals surface area contributed by atoms with Gasteiger partial charge in [0.05, 0.1) is 0 Å². The van der Waals surface area contributed by atoms with Crippen molar-refractivity contribution < 1.29 is 4.79 Å². The topological polar surface area (TPSA) is 81.3 Å². The van der Waals surface area contributed by atoms with Gasteiger partial charge in [-0.05, 0) is 43.0 Å². The third-order valence-corrected chi connectivity index (χ3v) is 6.49. The summed E-state index contributed by atoms with van der Waals surface area (Å²) in [5.41, 5.74) is 1.87. The summed E-state index contributed by atoms with van der Waals surface area (Å²) < 4.78 is 2.46. The number of nitrogens with one attached hydrogen (secondary N) is 1. The molecular weight excluding hydrogens is 386 g/mol. The van der Waals surface area contributed by atoms with E-state index in [2.05, 4.69) is 15.5 Å². The van der Waals surface area contributed by atoms with Gasteiger partial charge >= 0.3 is 5.69 Å². The highest BCUT2D eigenvalue weighted by Gasteiger charge is 2.17. The Morgan fingerprint density at radius 3 is 2.72 bits per heavy atom. The third kappa shape index (κ3) is 4.53. The van der Waals surface area contributed by atoms with Gasteiger partial charge in [0.2, 0.25) is 5.91 Å². The molecular formula is C21H25N5O2S. The molecule has 152 valence electrons. The number of anilines is 1. The number of amides is 1. The molecule has 2 heterocycles. The van der Waals surface area contributed by atoms with Crippen molar-refractivity contribution in [3.05, 3.63) is 52.4 Å². The van der Waals surface area contributed by atoms with Gasteiger partial charge in [0.25, 0.3) is 0 Å². The molecule has 1 aromatic carbocycles. The van der Waals surface area contributed by atoms with Crippen molar-refractivity contribution in [2.24, 2.45) is 0 Å². The summed E-state index contributed by atoms with van der Waals surface area (Å²) in [6, 6.07) is 11.3. The molecule has 0 radical (unpaired) electrons. The third-order valence-electron chi connectivity index (χ3n) is 5.22. The fourth-order valence-electron chi connectivity index (χ4n) is 3.69. The Hall–Kier alpha value is -2.61. The van der Waals surface area contributed by atoms with Crippen molar-refractivity contribution in [3.8, 4) is 0 Å². The molecule has 7 nitrogen and oxygen atoms in total. The van der Waals surface area contributed by atoms with Gasteiger partial charge < -0.3 is 5.32 Å². The van der Waals surface area contributed by atoms with Gasteiger partial charge in [-0.2, -0.15) is 9.61 Å². The van der Waals surface area contributed by atoms with Gasteiger partial charge in [-0.25, -0.2) is 9.48 Å². The van der Waals surface area contributed by atoms with Crippen LogP contribution in [-0.4, -0.2) is 30.6 Å². The molecule has 0 saturated heterocycles. The lowest BCUT2D eigenvalue weighted by Gasteiger charge is -2.20. The molecule has 8 heteroatoms. The van der Waals surface area contributed by atoms with Gasteiger partial charge in [0.15, 0.2) is 5.65 Å². The molecule has 0 unspecified atom stereocenters. The zero-order valence-corrected chi connectivity index (χ0v) is 17.3. The Bertz CT molecular complexity index is 1070. The van der Waals surface area contributed by atoms with Crippen LogP contribution >= 0.6 is 11.8 Å². The van der Waals surface area contributed by atoms with Crippen LogP contribution in [0.1, 0.15) is 44.6 Å². The normalized spacial score (nSPS) is 14.9. The number of benzene rings is 1. The highest BCUT2D eigenvalue weighted by atomic mass is 32.2. The Morgan fingerprint density at radius 1 is 1.14 bits per heavy atom. The number of thioether (sulfide) groups is 1. The second kappa shape index (κ2) is 8.82. The summed E-state index contributed by atoms with van der Waals surface area (Å²) in [5, 5.41) is 13.0. The number of aromatic nitrogens is 4. The molecule has 3 aromatic rings. The fraction of sp³-hybridized carbons (Fsp3) is 0.429. The van der Waals surface area contributed by atoms with Gasteiger partial charge in [-0.1, -0.05) is 44.4 Å². The van der Waals surface area contributed by atoms with Crippen molar-refractivity contribution in [1.29, 1.82) is 0 Å². The Kier molecular flexibility index (Phi) is 5.99. The number of nitrogens with zero attached hydrogens (tertiary/aromatic N) is 4. The van der Waals surface area contributed by atoms with E-state index in [0.717, 1.165) is 22.7 Å². The molecule has 2 aromatic heterocycles. The van der Waals surface area contributed by atoms with E-state index >= 15 is 0 Å². The minimum atomic E-state index is -0.398. The molecule has 29 heavy (non-hydrogen) atoms. The summed E-state index contributed by atoms with van der Waals surface area (Å²) in [6.45, 7) is 1.89. The zero-order valence-electron chi connectivity index (χ0n) is 16.5. The predicted octanol–water partition coefficient (Wildman–Crippen LogP) is 3.52. The monoisotopic (exact) mass is 411 g/mol. The molecule has 1 saturated carbocycles. The van der Waals surface area contributed by atoms with Crippen LogP contribution in [-0.2, 0) is 17.8 Å². The van der Waals surface area contributed by atoms with E-state index in [0.29, 0.717) is 10.9 Å². The van der Waals surface area contributed by atoms with E-state index in [9.17, 15) is 9.59 Å². The lowest BCUT2D eigenvalue weighted by molar-refractivity contribution is -0.117. The SMILES string of the molecule is CCc1ccccc1NC(=O)Cn1nc2ccc(SC3CCCCC3)nn2c1=O. The molecule has 1 aliphatic rings. The van der Waals surface area contributed by atoms with E-state index in [1.807, 2.05) is 37.3 Å². The molecule has 0 spiro atoms. The first kappa shape index (κ1) is 19.7. The van der Waals surface area contributed by atoms with Gasteiger partial charge in [-0.15, -0.1) is 16.9 Å². The van der Waals surface area contributed by atoms with E-state index in [1.54, 1.807) is 17.8 Å². The second-order valence-electron chi connectivity index (χ2n) is 7.32. The quantitative estimate of drug-likeness (QED) is 0.671. The molecule has 1 amide bonds. The molecule has 0 aliphatic heterocycles. The average molecular weight is 412 g/mol. The number of para-hydroxylation sites is 1. The van der Waals surface area contributed by atoms with E-state index in [1.165, 1.54) is 41.3 Å². The first-order chi connectivity index (χ1) is 14.1. The zero-order chi connectivity index (χ0) is 20.2. The van der Waals surface area contributed by atoms with Crippen LogP contribution in [0.4, 0.5) is 5.69 Å². The van der Waals surface area contributed by atoms with Crippen LogP contribution in [0.25, 0.3) is 5.65 Å². The van der Waals surface area contributed by atoms with Crippen molar-refractivity contribution in [1.82, 2.24) is 19.4 Å². The van der Waals surface area contributed by atoms with Crippen molar-refractivity contribution >= 4 is 29.0 Å². The maximum absolute atomic E-state index is 12.7. The largest absolute Gasteiger partial charge is 0.367 e. The van der Waals surface area contributed by atoms with Gasteiger partial charge in [-0.3, -0.25) is 4.79 Å². The fourth-order valence-corrected chi connectivity index (χ4v) is 4.87. The van der Waals surface area contributed by atoms with Crippen LogP contribution in [0.3, 0.4) is 0 Å². The highest BCUT2D eigenvalue weighted by Crippen LogP contribution is 2.32. The molecule has 4 rings (SSSR count). The molecule has 1 aliphatic carbocycles. The number of hydrogen-bond donors (Lipinski definition) is 1. The number of carbonyl (C=O) groups is 1. The summed E-state index contributed by atoms with van der Waals surface area (Å²) in [4.78, 5) is 25.2. The van der Waals surface area contributed by atoms with Gasteiger partial charge in [0.1, 0.15) is 11.6 Å². The maximum Gasteiger partial charge on any atom is 0.367 e. The summed E-state index contributed by atoms with van der Waals surface area (Å²) in [5.74, 6) is -0.284.